The van der Waals surface area contributed by atoms with Crippen molar-refractivity contribution in [2.75, 3.05) is 11.9 Å². The number of amides is 3. The molecule has 6 nitrogen and oxygen atoms in total. The zero-order chi connectivity index (χ0) is 21.0. The minimum atomic E-state index is -0.521. The molecule has 3 rings (SSSR count). The molecule has 2 aromatic carbocycles. The third kappa shape index (κ3) is 4.77. The largest absolute Gasteiger partial charge is 0.494 e. The van der Waals surface area contributed by atoms with E-state index in [1.54, 1.807) is 19.1 Å². The van der Waals surface area contributed by atoms with E-state index in [9.17, 15) is 9.59 Å². The van der Waals surface area contributed by atoms with Crippen molar-refractivity contribution in [2.45, 2.75) is 39.7 Å². The van der Waals surface area contributed by atoms with Crippen LogP contribution in [0, 0.1) is 0 Å². The molecule has 0 unspecified atom stereocenters. The third-order valence-corrected chi connectivity index (χ3v) is 4.87. The fourth-order valence-corrected chi connectivity index (χ4v) is 3.32. The second-order valence-corrected chi connectivity index (χ2v) is 7.30. The summed E-state index contributed by atoms with van der Waals surface area (Å²) in [7, 11) is 0. The summed E-state index contributed by atoms with van der Waals surface area (Å²) < 4.78 is 5.43. The van der Waals surface area contributed by atoms with Crippen molar-refractivity contribution >= 4 is 17.6 Å². The molecule has 1 aliphatic rings. The van der Waals surface area contributed by atoms with Crippen molar-refractivity contribution in [1.29, 1.82) is 0 Å². The van der Waals surface area contributed by atoms with Crippen LogP contribution in [0.15, 0.2) is 59.8 Å². The molecule has 0 bridgehead atoms. The molecule has 1 atom stereocenters. The Hall–Kier alpha value is -3.28. The first-order chi connectivity index (χ1) is 13.9. The Morgan fingerprint density at radius 1 is 1.10 bits per heavy atom. The number of hydrogen-bond donors (Lipinski definition) is 3. The number of allylic oxidation sites excluding steroid dienone is 1. The summed E-state index contributed by atoms with van der Waals surface area (Å²) in [6, 6.07) is 14.3. The number of ether oxygens (including phenoxy) is 1. The van der Waals surface area contributed by atoms with Gasteiger partial charge in [0.25, 0.3) is 5.91 Å². The summed E-state index contributed by atoms with van der Waals surface area (Å²) in [6.07, 6.45) is 0. The van der Waals surface area contributed by atoms with E-state index in [-0.39, 0.29) is 11.9 Å². The number of urea groups is 1. The number of benzene rings is 2. The average Bonchev–Trinajstić information content (AvgIpc) is 2.69. The molecule has 0 aliphatic carbocycles. The molecule has 3 amide bonds. The van der Waals surface area contributed by atoms with Gasteiger partial charge in [-0.1, -0.05) is 38.1 Å². The molecular formula is C23H27N3O3. The molecule has 0 saturated heterocycles. The first-order valence-corrected chi connectivity index (χ1v) is 9.81. The van der Waals surface area contributed by atoms with Gasteiger partial charge in [0.1, 0.15) is 5.75 Å². The van der Waals surface area contributed by atoms with E-state index in [1.165, 1.54) is 5.56 Å². The smallest absolute Gasteiger partial charge is 0.319 e. The van der Waals surface area contributed by atoms with Crippen LogP contribution < -0.4 is 20.7 Å². The predicted octanol–water partition coefficient (Wildman–Crippen LogP) is 4.48. The quantitative estimate of drug-likeness (QED) is 0.677. The number of nitrogens with one attached hydrogen (secondary N) is 3. The van der Waals surface area contributed by atoms with Gasteiger partial charge in [-0.25, -0.2) is 4.79 Å². The molecule has 29 heavy (non-hydrogen) atoms. The highest BCUT2D eigenvalue weighted by molar-refractivity contribution is 6.06. The van der Waals surface area contributed by atoms with Crippen molar-refractivity contribution in [2.24, 2.45) is 0 Å². The third-order valence-electron chi connectivity index (χ3n) is 4.87. The fourth-order valence-electron chi connectivity index (χ4n) is 3.32. The Labute approximate surface area is 171 Å². The number of hydrogen-bond acceptors (Lipinski definition) is 3. The Balaban J connectivity index is 1.85. The van der Waals surface area contributed by atoms with E-state index in [0.29, 0.717) is 29.5 Å². The minimum Gasteiger partial charge on any atom is -0.494 e. The Kier molecular flexibility index (Phi) is 6.22. The van der Waals surface area contributed by atoms with Crippen LogP contribution in [-0.4, -0.2) is 18.5 Å². The molecule has 1 heterocycles. The molecule has 1 aliphatic heterocycles. The first kappa shape index (κ1) is 20.5. The summed E-state index contributed by atoms with van der Waals surface area (Å²) in [5.74, 6) is 0.888. The van der Waals surface area contributed by atoms with Crippen LogP contribution >= 0.6 is 0 Å². The number of rotatable bonds is 6. The van der Waals surface area contributed by atoms with Gasteiger partial charge in [-0.3, -0.25) is 4.79 Å². The average molecular weight is 393 g/mol. The van der Waals surface area contributed by atoms with Crippen LogP contribution in [0.25, 0.3) is 0 Å². The molecule has 2 aromatic rings. The lowest BCUT2D eigenvalue weighted by molar-refractivity contribution is -0.113. The highest BCUT2D eigenvalue weighted by atomic mass is 16.5. The maximum absolute atomic E-state index is 13.1. The minimum absolute atomic E-state index is 0.267. The zero-order valence-corrected chi connectivity index (χ0v) is 17.2. The van der Waals surface area contributed by atoms with Crippen molar-refractivity contribution < 1.29 is 14.3 Å². The van der Waals surface area contributed by atoms with Crippen LogP contribution in [0.5, 0.6) is 5.75 Å². The maximum atomic E-state index is 13.1. The second kappa shape index (κ2) is 8.82. The van der Waals surface area contributed by atoms with Crippen molar-refractivity contribution in [3.63, 3.8) is 0 Å². The van der Waals surface area contributed by atoms with Crippen LogP contribution in [0.1, 0.15) is 50.8 Å². The van der Waals surface area contributed by atoms with Gasteiger partial charge in [-0.2, -0.15) is 0 Å². The van der Waals surface area contributed by atoms with Gasteiger partial charge in [-0.15, -0.1) is 0 Å². The van der Waals surface area contributed by atoms with E-state index < -0.39 is 6.04 Å². The summed E-state index contributed by atoms with van der Waals surface area (Å²) in [4.78, 5) is 25.1. The lowest BCUT2D eigenvalue weighted by atomic mass is 9.92. The molecule has 0 aromatic heterocycles. The molecule has 0 fully saturated rings. The van der Waals surface area contributed by atoms with Gasteiger partial charge in [0.15, 0.2) is 0 Å². The highest BCUT2D eigenvalue weighted by Gasteiger charge is 2.31. The van der Waals surface area contributed by atoms with E-state index in [1.807, 2.05) is 43.3 Å². The standard InChI is InChI=1S/C23H27N3O3/c1-5-29-19-12-10-18(11-13-19)25-22(27)20-15(4)24-23(28)26-21(20)17-8-6-16(7-9-17)14(2)3/h6-14,21H,5H2,1-4H3,(H,25,27)(H2,24,26,28)/t21-/m0/s1. The van der Waals surface area contributed by atoms with Gasteiger partial charge in [-0.05, 0) is 55.2 Å². The van der Waals surface area contributed by atoms with E-state index >= 15 is 0 Å². The topological polar surface area (TPSA) is 79.5 Å². The predicted molar refractivity (Wildman–Crippen MR) is 114 cm³/mol. The van der Waals surface area contributed by atoms with Gasteiger partial charge in [0.05, 0.1) is 18.2 Å². The summed E-state index contributed by atoms with van der Waals surface area (Å²) in [6.45, 7) is 8.49. The first-order valence-electron chi connectivity index (χ1n) is 9.81. The van der Waals surface area contributed by atoms with E-state index in [0.717, 1.165) is 11.3 Å². The molecule has 0 spiro atoms. The highest BCUT2D eigenvalue weighted by Crippen LogP contribution is 2.29. The molecule has 152 valence electrons. The van der Waals surface area contributed by atoms with Gasteiger partial charge in [0.2, 0.25) is 0 Å². The number of anilines is 1. The van der Waals surface area contributed by atoms with Crippen LogP contribution in [0.3, 0.4) is 0 Å². The summed E-state index contributed by atoms with van der Waals surface area (Å²) >= 11 is 0. The lowest BCUT2D eigenvalue weighted by Crippen LogP contribution is -2.45. The summed E-state index contributed by atoms with van der Waals surface area (Å²) in [5.41, 5.74) is 3.74. The van der Waals surface area contributed by atoms with Crippen LogP contribution in [0.2, 0.25) is 0 Å². The number of carbonyl (C=O) groups is 2. The lowest BCUT2D eigenvalue weighted by Gasteiger charge is -2.29. The molecule has 3 N–H and O–H groups in total. The zero-order valence-electron chi connectivity index (χ0n) is 17.2. The van der Waals surface area contributed by atoms with Gasteiger partial charge in [0, 0.05) is 11.4 Å². The van der Waals surface area contributed by atoms with Crippen LogP contribution in [-0.2, 0) is 4.79 Å². The molecule has 6 heteroatoms. The second-order valence-electron chi connectivity index (χ2n) is 7.30. The Morgan fingerprint density at radius 2 is 1.76 bits per heavy atom. The summed E-state index contributed by atoms with van der Waals surface area (Å²) in [5, 5.41) is 8.48. The van der Waals surface area contributed by atoms with E-state index in [2.05, 4.69) is 29.8 Å². The number of carbonyl (C=O) groups excluding carboxylic acids is 2. The molecule has 0 radical (unpaired) electrons. The Morgan fingerprint density at radius 3 is 2.34 bits per heavy atom. The molecule has 0 saturated carbocycles. The van der Waals surface area contributed by atoms with Gasteiger partial charge >= 0.3 is 6.03 Å². The van der Waals surface area contributed by atoms with Crippen LogP contribution in [0.4, 0.5) is 10.5 Å². The monoisotopic (exact) mass is 393 g/mol. The maximum Gasteiger partial charge on any atom is 0.319 e. The van der Waals surface area contributed by atoms with Crippen molar-refractivity contribution in [3.8, 4) is 5.75 Å². The van der Waals surface area contributed by atoms with E-state index in [4.69, 9.17) is 4.74 Å². The Bertz CT molecular complexity index is 915. The van der Waals surface area contributed by atoms with Crippen molar-refractivity contribution in [3.05, 3.63) is 70.9 Å². The normalized spacial score (nSPS) is 16.3. The molecular weight excluding hydrogens is 366 g/mol. The fraction of sp³-hybridized carbons (Fsp3) is 0.304. The SMILES string of the molecule is CCOc1ccc(NC(=O)C2=C(C)NC(=O)N[C@H]2c2ccc(C(C)C)cc2)cc1. The van der Waals surface area contributed by atoms with Crippen molar-refractivity contribution in [1.82, 2.24) is 10.6 Å². The van der Waals surface area contributed by atoms with Gasteiger partial charge < -0.3 is 20.7 Å².